The lowest BCUT2D eigenvalue weighted by molar-refractivity contribution is -0.293. The Labute approximate surface area is 488 Å². The maximum Gasteiger partial charge on any atom is 0.248 e. The zero-order valence-electron chi connectivity index (χ0n) is 47.1. The van der Waals surface area contributed by atoms with E-state index in [1.54, 1.807) is 0 Å². The highest BCUT2D eigenvalue weighted by molar-refractivity contribution is 5.99. The van der Waals surface area contributed by atoms with Crippen LogP contribution >= 0.6 is 0 Å². The second kappa shape index (κ2) is 36.9. The summed E-state index contributed by atoms with van der Waals surface area (Å²) in [4.78, 5) is 133. The minimum absolute atomic E-state index is 0.0356. The fraction of sp³-hybridized carbons (Fsp3) is 0.692. The van der Waals surface area contributed by atoms with Gasteiger partial charge in [-0.1, -0.05) is 76.8 Å². The normalized spacial score (nSPS) is 27.8. The average molecular weight is 1220 g/mol. The van der Waals surface area contributed by atoms with Crippen LogP contribution in [0.1, 0.15) is 108 Å². The number of aliphatic hydroxyl groups excluding tert-OH is 9. The number of phenols is 1. The summed E-state index contributed by atoms with van der Waals surface area (Å²) in [6.07, 6.45) is -12.4. The van der Waals surface area contributed by atoms with Gasteiger partial charge in [0, 0.05) is 19.0 Å². The topological polar surface area (TPSA) is 566 Å². The lowest BCUT2D eigenvalue weighted by atomic mass is 9.94. The molecule has 2 fully saturated rings. The Morgan fingerprint density at radius 3 is 1.82 bits per heavy atom. The van der Waals surface area contributed by atoms with Gasteiger partial charge >= 0.3 is 0 Å². The van der Waals surface area contributed by atoms with Crippen LogP contribution in [0.15, 0.2) is 24.3 Å². The number of amides is 10. The van der Waals surface area contributed by atoms with Crippen molar-refractivity contribution < 1.29 is 108 Å². The molecule has 33 heteroatoms. The van der Waals surface area contributed by atoms with Crippen molar-refractivity contribution in [2.24, 2.45) is 17.2 Å². The molecule has 85 heavy (non-hydrogen) atoms. The van der Waals surface area contributed by atoms with E-state index < -0.39 is 209 Å². The Morgan fingerprint density at radius 1 is 0.671 bits per heavy atom. The van der Waals surface area contributed by atoms with Crippen molar-refractivity contribution in [3.8, 4) is 5.75 Å². The molecule has 0 saturated carbocycles. The van der Waals surface area contributed by atoms with Gasteiger partial charge < -0.3 is 120 Å². The number of primary amides is 2. The highest BCUT2D eigenvalue weighted by Crippen LogP contribution is 2.25. The smallest absolute Gasteiger partial charge is 0.248 e. The standard InChI is InChI=1S/C52H85N11O22/c1-2-3-4-5-6-7-8-9-10-11-34(85-52-44(76)42(74)33(68)24-84-52)41(73)32(67)18-26-19-36(70)60-30(22-64)48(80)62-38(40(72)25-12-14-27(66)15-13-25)50(82)56-17-16-28(53)46(78)57-21-37(71)59-29(20-35(54)69)47(79)61-31(23-65)49(81)63-39(51(83)58-26)43(75)45(55)77/h12-15,26,28-34,38-44,52,64-68,72-76H,2-11,16-24,53H2,1H3,(H2,54,69)(H2,55,77)(H,56,82)(H,57,78)(H,58,83)(H,59,71)(H,60,70)(H,61,79)(H,62,80)(H,63,81)/t26?,28?,29?,30-,31-,32?,33+,34?,38?,39?,40?,41?,42-,43?,44+,52-/m0/s1. The molecule has 3 rings (SSSR count). The zero-order valence-corrected chi connectivity index (χ0v) is 47.1. The van der Waals surface area contributed by atoms with Gasteiger partial charge in [0.1, 0.15) is 66.5 Å². The van der Waals surface area contributed by atoms with Crippen LogP contribution in [0.5, 0.6) is 5.75 Å². The van der Waals surface area contributed by atoms with Gasteiger partial charge in [-0.2, -0.15) is 0 Å². The van der Waals surface area contributed by atoms with Gasteiger partial charge in [-0.15, -0.1) is 0 Å². The SMILES string of the molecule is CCCCCCCCCCCC(O[C@@H]1OC[C@@H](O)[C@H](O)[C@H]1O)C(O)C(O)CC1CC(=O)N[C@@H](CO)C(=O)NC(C(O)c2ccc(O)cc2)C(=O)NCCC(N)C(=O)NCC(=O)NC(CC(N)=O)C(=O)N[C@@H](CO)C(=O)NC(C(O)C(N)=O)C(=O)N1. The first kappa shape index (κ1) is 72.5. The van der Waals surface area contributed by atoms with Crippen LogP contribution in [0, 0.1) is 0 Å². The predicted octanol–water partition coefficient (Wildman–Crippen LogP) is -8.75. The Morgan fingerprint density at radius 2 is 1.24 bits per heavy atom. The molecule has 480 valence electrons. The van der Waals surface area contributed by atoms with Gasteiger partial charge in [-0.3, -0.25) is 47.9 Å². The van der Waals surface area contributed by atoms with E-state index in [0.717, 1.165) is 57.1 Å². The summed E-state index contributed by atoms with van der Waals surface area (Å²) in [6, 6.07) is -9.13. The molecule has 2 aliphatic rings. The number of carbonyl (C=O) groups excluding carboxylic acids is 10. The number of nitrogens with one attached hydrogen (secondary N) is 8. The number of hydrogen-bond acceptors (Lipinski definition) is 23. The second-order valence-corrected chi connectivity index (χ2v) is 20.8. The number of aromatic hydroxyl groups is 1. The number of aliphatic hydroxyl groups is 9. The van der Waals surface area contributed by atoms with Crippen LogP contribution < -0.4 is 59.7 Å². The van der Waals surface area contributed by atoms with E-state index in [4.69, 9.17) is 26.7 Å². The number of phenolic OH excluding ortho intramolecular Hbond substituents is 1. The van der Waals surface area contributed by atoms with Crippen molar-refractivity contribution in [2.45, 2.75) is 194 Å². The highest BCUT2D eigenvalue weighted by atomic mass is 16.7. The van der Waals surface area contributed by atoms with E-state index in [2.05, 4.69) is 38.8 Å². The molecule has 1 aromatic rings. The number of ether oxygens (including phenoxy) is 2. The summed E-state index contributed by atoms with van der Waals surface area (Å²) < 4.78 is 11.3. The lowest BCUT2D eigenvalue weighted by Crippen LogP contribution is -2.63. The average Bonchev–Trinajstić information content (AvgIpc) is 3.67. The Balaban J connectivity index is 2.11. The third-order valence-electron chi connectivity index (χ3n) is 14.0. The highest BCUT2D eigenvalue weighted by Gasteiger charge is 2.43. The van der Waals surface area contributed by atoms with Crippen LogP contribution in [-0.2, 0) is 57.4 Å². The van der Waals surface area contributed by atoms with Crippen molar-refractivity contribution in [1.29, 1.82) is 0 Å². The molecule has 33 nitrogen and oxygen atoms in total. The Bertz CT molecular complexity index is 2360. The van der Waals surface area contributed by atoms with Crippen molar-refractivity contribution in [3.63, 3.8) is 0 Å². The molecule has 1 aromatic carbocycles. The number of nitrogens with two attached hydrogens (primary N) is 3. The van der Waals surface area contributed by atoms with E-state index >= 15 is 0 Å². The number of benzene rings is 1. The van der Waals surface area contributed by atoms with E-state index in [-0.39, 0.29) is 24.2 Å². The fourth-order valence-electron chi connectivity index (χ4n) is 9.01. The molecule has 2 saturated heterocycles. The summed E-state index contributed by atoms with van der Waals surface area (Å²) in [7, 11) is 0. The van der Waals surface area contributed by atoms with Gasteiger partial charge in [-0.05, 0) is 37.0 Å². The van der Waals surface area contributed by atoms with Gasteiger partial charge in [0.25, 0.3) is 0 Å². The van der Waals surface area contributed by atoms with Gasteiger partial charge in [0.2, 0.25) is 59.1 Å². The van der Waals surface area contributed by atoms with Crippen molar-refractivity contribution in [3.05, 3.63) is 29.8 Å². The van der Waals surface area contributed by atoms with E-state index in [1.807, 2.05) is 10.6 Å². The molecule has 0 bridgehead atoms. The Hall–Kier alpha value is -6.76. The summed E-state index contributed by atoms with van der Waals surface area (Å²) in [5.74, 6) is -13.4. The van der Waals surface area contributed by atoms with Crippen LogP contribution in [0.4, 0.5) is 0 Å². The minimum atomic E-state index is -2.67. The molecule has 0 aliphatic carbocycles. The predicted molar refractivity (Wildman–Crippen MR) is 292 cm³/mol. The third-order valence-corrected chi connectivity index (χ3v) is 14.0. The van der Waals surface area contributed by atoms with E-state index in [0.29, 0.717) is 12.8 Å². The first-order valence-electron chi connectivity index (χ1n) is 28.0. The summed E-state index contributed by atoms with van der Waals surface area (Å²) >= 11 is 0. The maximum atomic E-state index is 14.3. The second-order valence-electron chi connectivity index (χ2n) is 20.8. The monoisotopic (exact) mass is 1220 g/mol. The molecule has 24 N–H and O–H groups in total. The molecule has 0 spiro atoms. The first-order chi connectivity index (χ1) is 40.2. The Kier molecular flexibility index (Phi) is 31.5. The van der Waals surface area contributed by atoms with Crippen LogP contribution in [-0.4, -0.2) is 234 Å². The number of unbranched alkanes of at least 4 members (excludes halogenated alkanes) is 8. The van der Waals surface area contributed by atoms with Crippen molar-refractivity contribution in [2.75, 3.05) is 32.9 Å². The van der Waals surface area contributed by atoms with Crippen molar-refractivity contribution >= 4 is 59.1 Å². The van der Waals surface area contributed by atoms with Crippen molar-refractivity contribution in [1.82, 2.24) is 42.5 Å². The molecule has 10 amide bonds. The largest absolute Gasteiger partial charge is 0.508 e. The number of hydrogen-bond donors (Lipinski definition) is 21. The number of rotatable bonds is 24. The first-order valence-corrected chi connectivity index (χ1v) is 28.0. The number of carbonyl (C=O) groups is 10. The summed E-state index contributed by atoms with van der Waals surface area (Å²) in [5, 5.41) is 125. The van der Waals surface area contributed by atoms with E-state index in [1.165, 1.54) is 12.1 Å². The molecule has 0 radical (unpaired) electrons. The van der Waals surface area contributed by atoms with Gasteiger partial charge in [0.05, 0.1) is 51.0 Å². The quantitative estimate of drug-likeness (QED) is 0.0427. The molecule has 2 aliphatic heterocycles. The van der Waals surface area contributed by atoms with Crippen LogP contribution in [0.3, 0.4) is 0 Å². The zero-order chi connectivity index (χ0) is 63.5. The molecule has 16 atom stereocenters. The van der Waals surface area contributed by atoms with E-state index in [9.17, 15) is 99.0 Å². The molecular weight excluding hydrogens is 1130 g/mol. The lowest BCUT2D eigenvalue weighted by Gasteiger charge is -2.38. The fourth-order valence-corrected chi connectivity index (χ4v) is 9.01. The third kappa shape index (κ3) is 24.3. The van der Waals surface area contributed by atoms with Crippen LogP contribution in [0.25, 0.3) is 0 Å². The van der Waals surface area contributed by atoms with Gasteiger partial charge in [-0.25, -0.2) is 0 Å². The van der Waals surface area contributed by atoms with Gasteiger partial charge in [0.15, 0.2) is 12.4 Å². The summed E-state index contributed by atoms with van der Waals surface area (Å²) in [6.45, 7) is -2.28. The minimum Gasteiger partial charge on any atom is -0.508 e. The molecule has 2 heterocycles. The maximum absolute atomic E-state index is 14.3. The summed E-state index contributed by atoms with van der Waals surface area (Å²) in [5.41, 5.74) is 16.5. The molecular formula is C52H85N11O22. The van der Waals surface area contributed by atoms with Crippen LogP contribution in [0.2, 0.25) is 0 Å². The molecule has 10 unspecified atom stereocenters. The molecule has 0 aromatic heterocycles.